The van der Waals surface area contributed by atoms with Gasteiger partial charge in [0.25, 0.3) is 5.56 Å². The molecule has 0 bridgehead atoms. The third-order valence-electron chi connectivity index (χ3n) is 3.67. The van der Waals surface area contributed by atoms with Gasteiger partial charge in [-0.3, -0.25) is 18.9 Å². The fraction of sp³-hybridized carbons (Fsp3) is 0.600. The Morgan fingerprint density at radius 3 is 3.05 bits per heavy atom. The Balaban J connectivity index is 2.10. The molecule has 22 heavy (non-hydrogen) atoms. The lowest BCUT2D eigenvalue weighted by atomic mass is 9.93. The van der Waals surface area contributed by atoms with Crippen LogP contribution in [-0.2, 0) is 18.3 Å². The molecule has 2 aliphatic rings. The predicted molar refractivity (Wildman–Crippen MR) is 72.6 cm³/mol. The Bertz CT molecular complexity index is 785. The number of fused-ring (bicyclic) bond motifs is 1. The minimum absolute atomic E-state index is 0.00634. The second-order valence-corrected chi connectivity index (χ2v) is 6.08. The number of hydrogen-bond acceptors (Lipinski definition) is 7. The quantitative estimate of drug-likeness (QED) is 0.357. The fourth-order valence-electron chi connectivity index (χ4n) is 2.66. The molecule has 1 aromatic heterocycles. The van der Waals surface area contributed by atoms with Crippen LogP contribution in [0.2, 0.25) is 0 Å². The molecule has 12 heteroatoms. The second-order valence-electron chi connectivity index (χ2n) is 5.06. The first kappa shape index (κ1) is 15.0. The van der Waals surface area contributed by atoms with Crippen molar-refractivity contribution < 1.29 is 18.3 Å². The lowest BCUT2D eigenvalue weighted by Crippen LogP contribution is -2.47. The number of rotatable bonds is 2. The molecule has 11 nitrogen and oxygen atoms in total. The van der Waals surface area contributed by atoms with Gasteiger partial charge in [0.1, 0.15) is 17.7 Å². The highest BCUT2D eigenvalue weighted by molar-refractivity contribution is 7.33. The van der Waals surface area contributed by atoms with Crippen LogP contribution in [-0.4, -0.2) is 33.9 Å². The molecule has 0 radical (unpaired) electrons. The van der Waals surface area contributed by atoms with E-state index in [0.29, 0.717) is 0 Å². The standard InChI is InChI=1S/C10H12N5O6P/c1-10(13-14-11)7-5(4-19-22(18)21-7)20-8(10)15-3-2-6(16)12-9(15)17/h2-3,5,7-8,22H,4H2,1H3,(H,12,16,17)/t5-,7?,8-,10-/m1/s1. The lowest BCUT2D eigenvalue weighted by Gasteiger charge is -2.32. The highest BCUT2D eigenvalue weighted by atomic mass is 31.1. The summed E-state index contributed by atoms with van der Waals surface area (Å²) in [6.07, 6.45) is -1.27. The topological polar surface area (TPSA) is 148 Å². The zero-order valence-corrected chi connectivity index (χ0v) is 12.3. The molecule has 0 amide bonds. The van der Waals surface area contributed by atoms with Crippen LogP contribution in [0.25, 0.3) is 10.4 Å². The monoisotopic (exact) mass is 329 g/mol. The normalized spacial score (nSPS) is 37.3. The van der Waals surface area contributed by atoms with Crippen LogP contribution in [0.4, 0.5) is 0 Å². The molecular formula is C10H12N5O6P. The van der Waals surface area contributed by atoms with E-state index in [1.807, 2.05) is 0 Å². The molecule has 0 saturated carbocycles. The van der Waals surface area contributed by atoms with Gasteiger partial charge < -0.3 is 13.8 Å². The highest BCUT2D eigenvalue weighted by Crippen LogP contribution is 2.49. The van der Waals surface area contributed by atoms with Crippen molar-refractivity contribution in [1.29, 1.82) is 0 Å². The second kappa shape index (κ2) is 5.38. The molecule has 1 aromatic rings. The molecule has 118 valence electrons. The summed E-state index contributed by atoms with van der Waals surface area (Å²) < 4.78 is 28.4. The Labute approximate surface area is 123 Å². The molecule has 0 aromatic carbocycles. The summed E-state index contributed by atoms with van der Waals surface area (Å²) in [6, 6.07) is 1.14. The number of nitrogens with one attached hydrogen (secondary N) is 1. The van der Waals surface area contributed by atoms with Crippen molar-refractivity contribution in [3.63, 3.8) is 0 Å². The summed E-state index contributed by atoms with van der Waals surface area (Å²) in [5, 5.41) is 3.70. The number of aromatic amines is 1. The summed E-state index contributed by atoms with van der Waals surface area (Å²) in [5.41, 5.74) is 6.22. The maximum Gasteiger partial charge on any atom is 0.330 e. The number of aromatic nitrogens is 2. The summed E-state index contributed by atoms with van der Waals surface area (Å²) >= 11 is 0. The third kappa shape index (κ3) is 2.29. The fourth-order valence-corrected chi connectivity index (χ4v) is 3.63. The molecule has 2 saturated heterocycles. The van der Waals surface area contributed by atoms with Crippen LogP contribution in [0.1, 0.15) is 13.2 Å². The largest absolute Gasteiger partial charge is 0.349 e. The van der Waals surface area contributed by atoms with Crippen LogP contribution in [0.3, 0.4) is 0 Å². The zero-order chi connectivity index (χ0) is 15.9. The average molecular weight is 329 g/mol. The molecule has 3 rings (SSSR count). The summed E-state index contributed by atoms with van der Waals surface area (Å²) in [4.78, 5) is 28.0. The Morgan fingerprint density at radius 2 is 2.36 bits per heavy atom. The van der Waals surface area contributed by atoms with Crippen LogP contribution < -0.4 is 11.2 Å². The van der Waals surface area contributed by atoms with E-state index in [4.69, 9.17) is 19.3 Å². The van der Waals surface area contributed by atoms with Gasteiger partial charge in [0.15, 0.2) is 6.23 Å². The van der Waals surface area contributed by atoms with E-state index in [2.05, 4.69) is 15.0 Å². The predicted octanol–water partition coefficient (Wildman–Crippen LogP) is 0.308. The zero-order valence-electron chi connectivity index (χ0n) is 11.3. The van der Waals surface area contributed by atoms with Crippen molar-refractivity contribution in [3.05, 3.63) is 43.5 Å². The van der Waals surface area contributed by atoms with E-state index in [9.17, 15) is 14.2 Å². The first-order chi connectivity index (χ1) is 10.5. The molecule has 2 aliphatic heterocycles. The molecule has 2 fully saturated rings. The van der Waals surface area contributed by atoms with E-state index in [-0.39, 0.29) is 6.61 Å². The van der Waals surface area contributed by atoms with Gasteiger partial charge in [0.05, 0.1) is 6.61 Å². The Morgan fingerprint density at radius 1 is 1.59 bits per heavy atom. The van der Waals surface area contributed by atoms with Crippen LogP contribution >= 0.6 is 8.25 Å². The summed E-state index contributed by atoms with van der Waals surface area (Å²) in [6.45, 7) is 1.52. The highest BCUT2D eigenvalue weighted by Gasteiger charge is 2.57. The van der Waals surface area contributed by atoms with Gasteiger partial charge in [-0.2, -0.15) is 0 Å². The van der Waals surface area contributed by atoms with Crippen LogP contribution in [0.15, 0.2) is 27.0 Å². The van der Waals surface area contributed by atoms with Gasteiger partial charge in [0, 0.05) is 17.2 Å². The molecule has 1 N–H and O–H groups in total. The van der Waals surface area contributed by atoms with Crippen LogP contribution in [0.5, 0.6) is 0 Å². The van der Waals surface area contributed by atoms with Crippen molar-refractivity contribution in [3.8, 4) is 0 Å². The van der Waals surface area contributed by atoms with Gasteiger partial charge in [-0.15, -0.1) is 0 Å². The van der Waals surface area contributed by atoms with E-state index in [1.165, 1.54) is 13.1 Å². The Hall–Kier alpha value is -1.90. The van der Waals surface area contributed by atoms with Crippen LogP contribution in [0, 0.1) is 0 Å². The van der Waals surface area contributed by atoms with Gasteiger partial charge >= 0.3 is 13.9 Å². The van der Waals surface area contributed by atoms with E-state index >= 15 is 0 Å². The van der Waals surface area contributed by atoms with Crippen molar-refractivity contribution in [2.24, 2.45) is 5.11 Å². The van der Waals surface area contributed by atoms with Gasteiger partial charge in [-0.05, 0) is 12.5 Å². The maximum absolute atomic E-state index is 12.0. The first-order valence-electron chi connectivity index (χ1n) is 6.32. The lowest BCUT2D eigenvalue weighted by molar-refractivity contribution is -0.0558. The number of nitrogens with zero attached hydrogens (tertiary/aromatic N) is 4. The van der Waals surface area contributed by atoms with E-state index in [0.717, 1.165) is 10.6 Å². The molecular weight excluding hydrogens is 317 g/mol. The van der Waals surface area contributed by atoms with Crippen molar-refractivity contribution >= 4 is 8.25 Å². The average Bonchev–Trinajstić information content (AvgIpc) is 2.73. The number of H-pyrrole nitrogens is 1. The van der Waals surface area contributed by atoms with E-state index < -0.39 is 43.5 Å². The smallest absolute Gasteiger partial charge is 0.330 e. The SMILES string of the molecule is C[C@@]1(N=[N+]=[N-])C2O[PH](=O)OC[C@H]2O[C@H]1n1ccc(=O)[nH]c1=O. The van der Waals surface area contributed by atoms with E-state index in [1.54, 1.807) is 0 Å². The first-order valence-corrected chi connectivity index (χ1v) is 7.55. The minimum Gasteiger partial charge on any atom is -0.349 e. The van der Waals surface area contributed by atoms with Gasteiger partial charge in [-0.25, -0.2) is 4.79 Å². The number of azide groups is 1. The molecule has 2 unspecified atom stereocenters. The third-order valence-corrected chi connectivity index (χ3v) is 4.52. The van der Waals surface area contributed by atoms with Crippen molar-refractivity contribution in [2.75, 3.05) is 6.61 Å². The minimum atomic E-state index is -2.71. The molecule has 0 aliphatic carbocycles. The molecule has 5 atom stereocenters. The Kier molecular flexibility index (Phi) is 3.67. The van der Waals surface area contributed by atoms with Gasteiger partial charge in [0.2, 0.25) is 0 Å². The molecule has 3 heterocycles. The van der Waals surface area contributed by atoms with Crippen molar-refractivity contribution in [1.82, 2.24) is 9.55 Å². The van der Waals surface area contributed by atoms with Crippen molar-refractivity contribution in [2.45, 2.75) is 30.9 Å². The summed E-state index contributed by atoms with van der Waals surface area (Å²) in [5.74, 6) is 0. The maximum atomic E-state index is 12.0. The number of ether oxygens (including phenoxy) is 1. The summed E-state index contributed by atoms with van der Waals surface area (Å²) in [7, 11) is -2.71. The number of hydrogen-bond donors (Lipinski definition) is 1. The van der Waals surface area contributed by atoms with Gasteiger partial charge in [-0.1, -0.05) is 5.11 Å². The molecule has 0 spiro atoms.